The van der Waals surface area contributed by atoms with Crippen LogP contribution in [-0.4, -0.2) is 97.8 Å². The molecule has 5 heterocycles. The van der Waals surface area contributed by atoms with Crippen LogP contribution in [0.4, 0.5) is 11.5 Å². The van der Waals surface area contributed by atoms with E-state index in [0.717, 1.165) is 14.0 Å². The molecule has 0 unspecified atom stereocenters. The molecule has 5 rings (SSSR count). The van der Waals surface area contributed by atoms with Gasteiger partial charge in [-0.25, -0.2) is 13.4 Å². The van der Waals surface area contributed by atoms with E-state index in [1.165, 1.54) is 41.6 Å². The van der Waals surface area contributed by atoms with E-state index in [2.05, 4.69) is 37.7 Å². The summed E-state index contributed by atoms with van der Waals surface area (Å²) in [6.45, 7) is 4.05. The molecule has 190 valence electrons. The van der Waals surface area contributed by atoms with Crippen LogP contribution in [0.25, 0.3) is 16.9 Å². The summed E-state index contributed by atoms with van der Waals surface area (Å²) in [7, 11) is -4.52. The minimum absolute atomic E-state index is 0.0463. The molecule has 0 saturated carbocycles. The van der Waals surface area contributed by atoms with Crippen molar-refractivity contribution in [3.63, 3.8) is 0 Å². The lowest BCUT2D eigenvalue weighted by molar-refractivity contribution is 0.0985. The standard InChI is InChI=1S/C19H25IN8O5S2/c1-12-11-33-10-9-25(12)18-13-5-7-26(34(4,29)30)16(13)15-17(20)23-28(19(15)21-18)14-6-8-27(22-14)35(31,32)24(2)3/h6,8,12H,5,7,9-11H2,1-4H3/t12-/m1/s1. The smallest absolute Gasteiger partial charge is 0.322 e. The highest BCUT2D eigenvalue weighted by molar-refractivity contribution is 14.1. The monoisotopic (exact) mass is 636 g/mol. The van der Waals surface area contributed by atoms with Crippen LogP contribution in [0.15, 0.2) is 12.3 Å². The van der Waals surface area contributed by atoms with Crippen molar-refractivity contribution in [2.45, 2.75) is 19.4 Å². The van der Waals surface area contributed by atoms with Gasteiger partial charge in [-0.3, -0.25) is 4.31 Å². The van der Waals surface area contributed by atoms with Gasteiger partial charge in [0.15, 0.2) is 11.5 Å². The number of rotatable bonds is 5. The summed E-state index contributed by atoms with van der Waals surface area (Å²) in [6.07, 6.45) is 3.06. The fraction of sp³-hybridized carbons (Fsp3) is 0.526. The van der Waals surface area contributed by atoms with Crippen LogP contribution in [-0.2, 0) is 31.4 Å². The molecule has 0 amide bonds. The van der Waals surface area contributed by atoms with Gasteiger partial charge in [-0.1, -0.05) is 0 Å². The van der Waals surface area contributed by atoms with Gasteiger partial charge in [0, 0.05) is 45.0 Å². The van der Waals surface area contributed by atoms with Gasteiger partial charge in [0.05, 0.1) is 36.6 Å². The number of pyridine rings is 1. The largest absolute Gasteiger partial charge is 0.377 e. The summed E-state index contributed by atoms with van der Waals surface area (Å²) in [5.41, 5.74) is 1.84. The van der Waals surface area contributed by atoms with Crippen molar-refractivity contribution in [1.29, 1.82) is 0 Å². The minimum Gasteiger partial charge on any atom is -0.377 e. The molecule has 35 heavy (non-hydrogen) atoms. The van der Waals surface area contributed by atoms with Crippen molar-refractivity contribution in [2.24, 2.45) is 0 Å². The molecule has 2 aliphatic rings. The quantitative estimate of drug-likeness (QED) is 0.365. The molecule has 3 aromatic rings. The second kappa shape index (κ2) is 8.53. The molecule has 1 atom stereocenters. The summed E-state index contributed by atoms with van der Waals surface area (Å²) in [5.74, 6) is 0.938. The molecule has 3 aromatic heterocycles. The predicted molar refractivity (Wildman–Crippen MR) is 139 cm³/mol. The summed E-state index contributed by atoms with van der Waals surface area (Å²) in [6, 6.07) is 1.58. The van der Waals surface area contributed by atoms with E-state index < -0.39 is 20.2 Å². The van der Waals surface area contributed by atoms with Gasteiger partial charge in [0.1, 0.15) is 9.52 Å². The number of halogens is 1. The molecular weight excluding hydrogens is 611 g/mol. The number of sulfonamides is 1. The van der Waals surface area contributed by atoms with E-state index >= 15 is 0 Å². The van der Waals surface area contributed by atoms with Gasteiger partial charge in [-0.05, 0) is 35.9 Å². The van der Waals surface area contributed by atoms with Gasteiger partial charge >= 0.3 is 10.2 Å². The van der Waals surface area contributed by atoms with Gasteiger partial charge in [0.25, 0.3) is 0 Å². The van der Waals surface area contributed by atoms with Crippen LogP contribution in [0.3, 0.4) is 0 Å². The maximum atomic E-state index is 12.7. The Bertz CT molecular complexity index is 1530. The lowest BCUT2D eigenvalue weighted by Gasteiger charge is -2.35. The summed E-state index contributed by atoms with van der Waals surface area (Å²) in [4.78, 5) is 7.11. The number of hydrogen-bond donors (Lipinski definition) is 0. The molecule has 1 fully saturated rings. The Hall–Kier alpha value is -2.02. The third kappa shape index (κ3) is 3.98. The third-order valence-electron chi connectivity index (χ3n) is 6.14. The first-order valence-corrected chi connectivity index (χ1v) is 15.2. The van der Waals surface area contributed by atoms with E-state index in [1.54, 1.807) is 0 Å². The zero-order valence-corrected chi connectivity index (χ0v) is 23.4. The van der Waals surface area contributed by atoms with Crippen LogP contribution >= 0.6 is 22.6 Å². The highest BCUT2D eigenvalue weighted by Crippen LogP contribution is 2.44. The maximum absolute atomic E-state index is 12.7. The number of aromatic nitrogens is 5. The van der Waals surface area contributed by atoms with Crippen molar-refractivity contribution in [1.82, 2.24) is 28.3 Å². The predicted octanol–water partition coefficient (Wildman–Crippen LogP) is 0.423. The fourth-order valence-electron chi connectivity index (χ4n) is 4.42. The van der Waals surface area contributed by atoms with Crippen molar-refractivity contribution >= 4 is 65.4 Å². The van der Waals surface area contributed by atoms with Crippen molar-refractivity contribution in [3.05, 3.63) is 21.5 Å². The highest BCUT2D eigenvalue weighted by Gasteiger charge is 2.37. The summed E-state index contributed by atoms with van der Waals surface area (Å²) < 4.78 is 61.4. The SMILES string of the molecule is C[C@@H]1COCCN1c1nc2c(c(I)nn2-c2ccn(S(=O)(=O)N(C)C)n2)c2c1CCN2S(C)(=O)=O. The van der Waals surface area contributed by atoms with Crippen molar-refractivity contribution in [2.75, 3.05) is 55.9 Å². The lowest BCUT2D eigenvalue weighted by atomic mass is 10.1. The molecule has 0 radical (unpaired) electrons. The summed E-state index contributed by atoms with van der Waals surface area (Å²) >= 11 is 2.05. The maximum Gasteiger partial charge on any atom is 0.322 e. The Labute approximate surface area is 217 Å². The first kappa shape index (κ1) is 24.7. The molecule has 0 N–H and O–H groups in total. The average Bonchev–Trinajstić information content (AvgIpc) is 3.50. The van der Waals surface area contributed by atoms with Crippen LogP contribution in [0.2, 0.25) is 0 Å². The van der Waals surface area contributed by atoms with Crippen molar-refractivity contribution < 1.29 is 21.6 Å². The van der Waals surface area contributed by atoms with Crippen molar-refractivity contribution in [3.8, 4) is 5.82 Å². The van der Waals surface area contributed by atoms with E-state index in [4.69, 9.17) is 9.72 Å². The van der Waals surface area contributed by atoms with Gasteiger partial charge < -0.3 is 9.64 Å². The second-order valence-electron chi connectivity index (χ2n) is 8.70. The Balaban J connectivity index is 1.78. The van der Waals surface area contributed by atoms with Crippen LogP contribution < -0.4 is 9.21 Å². The third-order valence-corrected chi connectivity index (χ3v) is 9.66. The van der Waals surface area contributed by atoms with E-state index in [9.17, 15) is 16.8 Å². The topological polar surface area (TPSA) is 136 Å². The first-order chi connectivity index (χ1) is 16.4. The molecule has 0 aromatic carbocycles. The number of hydrogen-bond acceptors (Lipinski definition) is 9. The Morgan fingerprint density at radius 3 is 2.57 bits per heavy atom. The zero-order valence-electron chi connectivity index (χ0n) is 19.6. The average molecular weight is 636 g/mol. The number of nitrogens with zero attached hydrogens (tertiary/aromatic N) is 8. The molecular formula is C19H25IN8O5S2. The lowest BCUT2D eigenvalue weighted by Crippen LogP contribution is -2.44. The highest BCUT2D eigenvalue weighted by atomic mass is 127. The Kier molecular flexibility index (Phi) is 6.01. The zero-order chi connectivity index (χ0) is 25.3. The van der Waals surface area contributed by atoms with Crippen LogP contribution in [0.1, 0.15) is 12.5 Å². The van der Waals surface area contributed by atoms with Gasteiger partial charge in [0.2, 0.25) is 10.0 Å². The number of fused-ring (bicyclic) bond motifs is 3. The van der Waals surface area contributed by atoms with Crippen LogP contribution in [0.5, 0.6) is 0 Å². The molecule has 0 spiro atoms. The molecule has 1 saturated heterocycles. The van der Waals surface area contributed by atoms with E-state index in [-0.39, 0.29) is 11.9 Å². The van der Waals surface area contributed by atoms with Gasteiger partial charge in [-0.15, -0.1) is 5.10 Å². The minimum atomic E-state index is -3.81. The second-order valence-corrected chi connectivity index (χ2v) is 13.6. The number of anilines is 2. The molecule has 0 bridgehead atoms. The van der Waals surface area contributed by atoms with Gasteiger partial charge in [-0.2, -0.15) is 26.6 Å². The normalized spacial score (nSPS) is 19.2. The van der Waals surface area contributed by atoms with E-state index in [0.29, 0.717) is 59.0 Å². The molecule has 16 heteroatoms. The van der Waals surface area contributed by atoms with Crippen LogP contribution in [0, 0.1) is 3.70 Å². The fourth-order valence-corrected chi connectivity index (χ4v) is 6.83. The Morgan fingerprint density at radius 1 is 1.17 bits per heavy atom. The summed E-state index contributed by atoms with van der Waals surface area (Å²) in [5, 5.41) is 9.42. The number of morpholine rings is 1. The number of ether oxygens (including phenoxy) is 1. The molecule has 13 nitrogen and oxygen atoms in total. The Morgan fingerprint density at radius 2 is 1.91 bits per heavy atom. The molecule has 2 aliphatic heterocycles. The van der Waals surface area contributed by atoms with E-state index in [1.807, 2.05) is 6.92 Å². The first-order valence-electron chi connectivity index (χ1n) is 10.8. The molecule has 0 aliphatic carbocycles.